The fourth-order valence-electron chi connectivity index (χ4n) is 1.59. The van der Waals surface area contributed by atoms with Gasteiger partial charge in [-0.3, -0.25) is 0 Å². The molecule has 2 heteroatoms. The predicted octanol–water partition coefficient (Wildman–Crippen LogP) is 2.79. The lowest BCUT2D eigenvalue weighted by Crippen LogP contribution is -2.02. The molecule has 0 spiro atoms. The Labute approximate surface area is 88.0 Å². The van der Waals surface area contributed by atoms with Gasteiger partial charge in [-0.1, -0.05) is 55.9 Å². The second-order valence-corrected chi connectivity index (χ2v) is 3.67. The number of nitrogens with two attached hydrogens (primary N) is 1. The SMILES string of the molecule is N[B]CCCCCCc1ccccc1. The smallest absolute Gasteiger partial charge is 0.202 e. The van der Waals surface area contributed by atoms with Gasteiger partial charge in [-0.2, -0.15) is 0 Å². The summed E-state index contributed by atoms with van der Waals surface area (Å²) in [5.74, 6) is 0. The normalized spacial score (nSPS) is 10.1. The first kappa shape index (κ1) is 11.3. The highest BCUT2D eigenvalue weighted by Gasteiger charge is 1.92. The van der Waals surface area contributed by atoms with Gasteiger partial charge in [-0.15, -0.1) is 0 Å². The highest BCUT2D eigenvalue weighted by molar-refractivity contribution is 6.30. The van der Waals surface area contributed by atoms with Crippen LogP contribution in [0.2, 0.25) is 6.32 Å². The number of benzene rings is 1. The first-order chi connectivity index (χ1) is 6.93. The highest BCUT2D eigenvalue weighted by Crippen LogP contribution is 2.08. The van der Waals surface area contributed by atoms with Crippen LogP contribution in [-0.4, -0.2) is 7.41 Å². The third-order valence-electron chi connectivity index (χ3n) is 2.43. The van der Waals surface area contributed by atoms with Crippen LogP contribution in [-0.2, 0) is 6.42 Å². The summed E-state index contributed by atoms with van der Waals surface area (Å²) in [4.78, 5) is 0. The molecule has 1 radical (unpaired) electrons. The Morgan fingerprint density at radius 2 is 1.64 bits per heavy atom. The summed E-state index contributed by atoms with van der Waals surface area (Å²) >= 11 is 0. The van der Waals surface area contributed by atoms with Crippen LogP contribution in [0.25, 0.3) is 0 Å². The number of rotatable bonds is 7. The lowest BCUT2D eigenvalue weighted by atomic mass is 9.88. The van der Waals surface area contributed by atoms with Crippen LogP contribution in [0.15, 0.2) is 30.3 Å². The van der Waals surface area contributed by atoms with E-state index in [1.165, 1.54) is 37.7 Å². The molecule has 0 saturated carbocycles. The summed E-state index contributed by atoms with van der Waals surface area (Å²) in [7, 11) is 1.76. The molecule has 75 valence electrons. The molecule has 0 aliphatic carbocycles. The van der Waals surface area contributed by atoms with Gasteiger partial charge in [-0.25, -0.2) is 0 Å². The molecule has 14 heavy (non-hydrogen) atoms. The standard InChI is InChI=1S/C12H19BN/c14-13-11-7-2-1-4-8-12-9-5-3-6-10-12/h3,5-6,9-10H,1-2,4,7-8,11,14H2. The zero-order valence-electron chi connectivity index (χ0n) is 8.78. The van der Waals surface area contributed by atoms with Gasteiger partial charge in [-0.05, 0) is 18.4 Å². The molecule has 2 N–H and O–H groups in total. The van der Waals surface area contributed by atoms with E-state index in [0.29, 0.717) is 0 Å². The fourth-order valence-corrected chi connectivity index (χ4v) is 1.59. The summed E-state index contributed by atoms with van der Waals surface area (Å²) < 4.78 is 0. The lowest BCUT2D eigenvalue weighted by molar-refractivity contribution is 0.665. The summed E-state index contributed by atoms with van der Waals surface area (Å²) in [5.41, 5.74) is 6.77. The van der Waals surface area contributed by atoms with Crippen molar-refractivity contribution in [2.75, 3.05) is 0 Å². The number of hydrogen-bond acceptors (Lipinski definition) is 1. The van der Waals surface area contributed by atoms with Crippen LogP contribution < -0.4 is 5.64 Å². The first-order valence-electron chi connectivity index (χ1n) is 5.51. The molecule has 0 atom stereocenters. The van der Waals surface area contributed by atoms with Gasteiger partial charge < -0.3 is 5.64 Å². The predicted molar refractivity (Wildman–Crippen MR) is 63.4 cm³/mol. The van der Waals surface area contributed by atoms with Gasteiger partial charge in [0.15, 0.2) is 0 Å². The Morgan fingerprint density at radius 3 is 2.36 bits per heavy atom. The Morgan fingerprint density at radius 1 is 0.929 bits per heavy atom. The van der Waals surface area contributed by atoms with Gasteiger partial charge >= 0.3 is 0 Å². The van der Waals surface area contributed by atoms with Crippen molar-refractivity contribution in [1.29, 1.82) is 0 Å². The van der Waals surface area contributed by atoms with Gasteiger partial charge in [0.1, 0.15) is 0 Å². The van der Waals surface area contributed by atoms with E-state index in [-0.39, 0.29) is 0 Å². The lowest BCUT2D eigenvalue weighted by Gasteiger charge is -2.00. The largest absolute Gasteiger partial charge is 0.374 e. The highest BCUT2D eigenvalue weighted by atomic mass is 14.3. The van der Waals surface area contributed by atoms with Crippen molar-refractivity contribution in [2.45, 2.75) is 38.4 Å². The Hall–Kier alpha value is -0.755. The summed E-state index contributed by atoms with van der Waals surface area (Å²) in [6.07, 6.45) is 7.45. The molecule has 0 fully saturated rings. The summed E-state index contributed by atoms with van der Waals surface area (Å²) in [6, 6.07) is 10.7. The van der Waals surface area contributed by atoms with Crippen LogP contribution in [0.1, 0.15) is 31.2 Å². The van der Waals surface area contributed by atoms with Crippen LogP contribution in [0, 0.1) is 0 Å². The van der Waals surface area contributed by atoms with E-state index in [1.807, 2.05) is 0 Å². The minimum absolute atomic E-state index is 1.06. The van der Waals surface area contributed by atoms with Gasteiger partial charge in [0.25, 0.3) is 0 Å². The fraction of sp³-hybridized carbons (Fsp3) is 0.500. The average molecular weight is 188 g/mol. The maximum Gasteiger partial charge on any atom is 0.202 e. The molecule has 0 aromatic heterocycles. The van der Waals surface area contributed by atoms with E-state index >= 15 is 0 Å². The second kappa shape index (κ2) is 7.63. The second-order valence-electron chi connectivity index (χ2n) is 3.67. The maximum absolute atomic E-state index is 5.31. The third-order valence-corrected chi connectivity index (χ3v) is 2.43. The van der Waals surface area contributed by atoms with E-state index in [2.05, 4.69) is 30.3 Å². The van der Waals surface area contributed by atoms with E-state index in [1.54, 1.807) is 7.41 Å². The quantitative estimate of drug-likeness (QED) is 0.516. The molecule has 0 amide bonds. The van der Waals surface area contributed by atoms with E-state index in [9.17, 15) is 0 Å². The molecule has 1 aromatic carbocycles. The molecule has 0 aliphatic heterocycles. The molecule has 0 bridgehead atoms. The van der Waals surface area contributed by atoms with Crippen molar-refractivity contribution in [3.63, 3.8) is 0 Å². The van der Waals surface area contributed by atoms with Crippen molar-refractivity contribution in [2.24, 2.45) is 5.64 Å². The summed E-state index contributed by atoms with van der Waals surface area (Å²) in [6.45, 7) is 0. The number of hydrogen-bond donors (Lipinski definition) is 1. The monoisotopic (exact) mass is 188 g/mol. The van der Waals surface area contributed by atoms with Gasteiger partial charge in [0, 0.05) is 0 Å². The molecule has 0 unspecified atom stereocenters. The minimum atomic E-state index is 1.06. The topological polar surface area (TPSA) is 26.0 Å². The van der Waals surface area contributed by atoms with Crippen LogP contribution in [0.4, 0.5) is 0 Å². The minimum Gasteiger partial charge on any atom is -0.374 e. The third kappa shape index (κ3) is 5.08. The molecular formula is C12H19BN. The van der Waals surface area contributed by atoms with Crippen LogP contribution in [0.5, 0.6) is 0 Å². The van der Waals surface area contributed by atoms with Crippen molar-refractivity contribution < 1.29 is 0 Å². The number of unbranched alkanes of at least 4 members (excludes halogenated alkanes) is 3. The van der Waals surface area contributed by atoms with Crippen molar-refractivity contribution in [1.82, 2.24) is 0 Å². The molecule has 1 rings (SSSR count). The zero-order chi connectivity index (χ0) is 10.1. The Balaban J connectivity index is 1.99. The van der Waals surface area contributed by atoms with E-state index in [0.717, 1.165) is 6.32 Å². The van der Waals surface area contributed by atoms with Gasteiger partial charge in [0.2, 0.25) is 7.41 Å². The zero-order valence-corrected chi connectivity index (χ0v) is 8.78. The molecular weight excluding hydrogens is 169 g/mol. The average Bonchev–Trinajstić information content (AvgIpc) is 2.25. The van der Waals surface area contributed by atoms with Gasteiger partial charge in [0.05, 0.1) is 0 Å². The molecule has 0 saturated heterocycles. The molecule has 1 aromatic rings. The van der Waals surface area contributed by atoms with Crippen LogP contribution >= 0.6 is 0 Å². The number of aryl methyl sites for hydroxylation is 1. The molecule has 0 aliphatic rings. The van der Waals surface area contributed by atoms with E-state index < -0.39 is 0 Å². The van der Waals surface area contributed by atoms with Crippen molar-refractivity contribution in [3.8, 4) is 0 Å². The first-order valence-corrected chi connectivity index (χ1v) is 5.51. The molecule has 0 heterocycles. The molecule has 1 nitrogen and oxygen atoms in total. The Kier molecular flexibility index (Phi) is 6.17. The Bertz CT molecular complexity index is 223. The van der Waals surface area contributed by atoms with Crippen LogP contribution in [0.3, 0.4) is 0 Å². The van der Waals surface area contributed by atoms with Crippen molar-refractivity contribution in [3.05, 3.63) is 35.9 Å². The summed E-state index contributed by atoms with van der Waals surface area (Å²) in [5, 5.41) is 0. The van der Waals surface area contributed by atoms with Crippen molar-refractivity contribution >= 4 is 7.41 Å². The maximum atomic E-state index is 5.31. The van der Waals surface area contributed by atoms with E-state index in [4.69, 9.17) is 5.64 Å².